The molecule has 3 heteroatoms. The van der Waals surface area contributed by atoms with Gasteiger partial charge in [0.2, 0.25) is 0 Å². The van der Waals surface area contributed by atoms with Crippen LogP contribution in [0, 0.1) is 34.5 Å². The number of hydrogen-bond donors (Lipinski definition) is 1. The standard InChI is InChI=1S/C24H34O3/c1-23-11-9-17(25)13-16(23)4-5-18-20-7-6-19(15-3-8-22(26)27-14-15)24(20,2)12-10-21(18)23/h3,8,14,16-21,25H,4-7,9-13H2,1-2H3/t16?,17-,18+,19-,20-,21+,23+,24-/m1/s1. The zero-order valence-electron chi connectivity index (χ0n) is 16.8. The molecule has 3 nitrogen and oxygen atoms in total. The molecule has 0 saturated heterocycles. The van der Waals surface area contributed by atoms with E-state index in [9.17, 15) is 9.90 Å². The van der Waals surface area contributed by atoms with Gasteiger partial charge in [-0.2, -0.15) is 0 Å². The first-order chi connectivity index (χ1) is 12.9. The van der Waals surface area contributed by atoms with Crippen LogP contribution in [0.5, 0.6) is 0 Å². The minimum atomic E-state index is -0.243. The molecule has 0 aromatic carbocycles. The van der Waals surface area contributed by atoms with E-state index in [4.69, 9.17) is 4.42 Å². The van der Waals surface area contributed by atoms with Crippen molar-refractivity contribution in [2.24, 2.45) is 34.5 Å². The van der Waals surface area contributed by atoms with Crippen molar-refractivity contribution in [3.05, 3.63) is 34.4 Å². The lowest BCUT2D eigenvalue weighted by atomic mass is 9.44. The Bertz CT molecular complexity index is 749. The first kappa shape index (κ1) is 18.0. The van der Waals surface area contributed by atoms with Crippen LogP contribution < -0.4 is 5.63 Å². The molecular formula is C24H34O3. The van der Waals surface area contributed by atoms with E-state index in [-0.39, 0.29) is 11.7 Å². The summed E-state index contributed by atoms with van der Waals surface area (Å²) in [5, 5.41) is 10.2. The van der Waals surface area contributed by atoms with Gasteiger partial charge < -0.3 is 9.52 Å². The van der Waals surface area contributed by atoms with Crippen LogP contribution in [-0.2, 0) is 0 Å². The van der Waals surface area contributed by atoms with Crippen molar-refractivity contribution in [1.82, 2.24) is 0 Å². The van der Waals surface area contributed by atoms with E-state index < -0.39 is 0 Å². The Balaban J connectivity index is 1.43. The molecule has 1 aromatic rings. The SMILES string of the molecule is C[C@]12CC[C@H]3[C@@H](CCC4C[C@H](O)CC[C@@]43C)[C@H]1CC[C@@H]2c1ccc(=O)oc1. The highest BCUT2D eigenvalue weighted by Crippen LogP contribution is 2.68. The minimum absolute atomic E-state index is 0.0583. The Labute approximate surface area is 162 Å². The molecule has 4 aliphatic rings. The predicted molar refractivity (Wildman–Crippen MR) is 105 cm³/mol. The number of aliphatic hydroxyl groups excluding tert-OH is 1. The van der Waals surface area contributed by atoms with E-state index in [1.54, 1.807) is 12.3 Å². The molecule has 1 N–H and O–H groups in total. The van der Waals surface area contributed by atoms with Gasteiger partial charge in [0, 0.05) is 6.07 Å². The second-order valence-corrected chi connectivity index (χ2v) is 10.6. The van der Waals surface area contributed by atoms with E-state index in [0.29, 0.717) is 16.7 Å². The Kier molecular flexibility index (Phi) is 4.13. The van der Waals surface area contributed by atoms with E-state index in [1.807, 2.05) is 6.07 Å². The minimum Gasteiger partial charge on any atom is -0.431 e. The molecule has 0 radical (unpaired) electrons. The number of aliphatic hydroxyl groups is 1. The Hall–Kier alpha value is -1.09. The number of hydrogen-bond acceptors (Lipinski definition) is 3. The lowest BCUT2D eigenvalue weighted by molar-refractivity contribution is -0.122. The highest BCUT2D eigenvalue weighted by atomic mass is 16.4. The van der Waals surface area contributed by atoms with Crippen molar-refractivity contribution >= 4 is 0 Å². The third kappa shape index (κ3) is 2.60. The first-order valence-electron chi connectivity index (χ1n) is 11.2. The molecular weight excluding hydrogens is 336 g/mol. The summed E-state index contributed by atoms with van der Waals surface area (Å²) in [6.45, 7) is 5.08. The molecule has 0 bridgehead atoms. The van der Waals surface area contributed by atoms with Gasteiger partial charge in [-0.3, -0.25) is 0 Å². The fourth-order valence-corrected chi connectivity index (χ4v) is 8.35. The highest BCUT2D eigenvalue weighted by molar-refractivity contribution is 5.22. The van der Waals surface area contributed by atoms with Gasteiger partial charge in [-0.05, 0) is 110 Å². The van der Waals surface area contributed by atoms with Crippen LogP contribution in [-0.4, -0.2) is 11.2 Å². The fraction of sp³-hybridized carbons (Fsp3) is 0.792. The van der Waals surface area contributed by atoms with E-state index >= 15 is 0 Å². The van der Waals surface area contributed by atoms with Crippen LogP contribution in [0.3, 0.4) is 0 Å². The van der Waals surface area contributed by atoms with Crippen LogP contribution in [0.2, 0.25) is 0 Å². The predicted octanol–water partition coefficient (Wildman–Crippen LogP) is 5.13. The van der Waals surface area contributed by atoms with Gasteiger partial charge in [0.15, 0.2) is 0 Å². The van der Waals surface area contributed by atoms with Crippen molar-refractivity contribution in [2.45, 2.75) is 83.7 Å². The van der Waals surface area contributed by atoms with Gasteiger partial charge >= 0.3 is 5.63 Å². The van der Waals surface area contributed by atoms with E-state index in [1.165, 1.54) is 50.5 Å². The quantitative estimate of drug-likeness (QED) is 0.746. The average molecular weight is 371 g/mol. The summed E-state index contributed by atoms with van der Waals surface area (Å²) in [7, 11) is 0. The average Bonchev–Trinajstić information content (AvgIpc) is 3.00. The molecule has 1 unspecified atom stereocenters. The largest absolute Gasteiger partial charge is 0.431 e. The Morgan fingerprint density at radius 3 is 2.52 bits per heavy atom. The molecule has 8 atom stereocenters. The van der Waals surface area contributed by atoms with E-state index in [0.717, 1.165) is 36.5 Å². The smallest absolute Gasteiger partial charge is 0.335 e. The molecule has 1 aromatic heterocycles. The molecule has 148 valence electrons. The highest BCUT2D eigenvalue weighted by Gasteiger charge is 2.60. The molecule has 0 spiro atoms. The number of fused-ring (bicyclic) bond motifs is 5. The maximum atomic E-state index is 11.4. The molecule has 4 fully saturated rings. The lowest BCUT2D eigenvalue weighted by Gasteiger charge is -2.61. The number of rotatable bonds is 1. The second-order valence-electron chi connectivity index (χ2n) is 10.6. The molecule has 4 aliphatic carbocycles. The summed E-state index contributed by atoms with van der Waals surface area (Å²) in [6, 6.07) is 3.61. The van der Waals surface area contributed by atoms with E-state index in [2.05, 4.69) is 13.8 Å². The third-order valence-corrected chi connectivity index (χ3v) is 9.76. The monoisotopic (exact) mass is 370 g/mol. The van der Waals surface area contributed by atoms with Gasteiger partial charge in [-0.25, -0.2) is 4.79 Å². The van der Waals surface area contributed by atoms with Crippen LogP contribution in [0.15, 0.2) is 27.6 Å². The summed E-state index contributed by atoms with van der Waals surface area (Å²) in [4.78, 5) is 11.4. The maximum absolute atomic E-state index is 11.4. The topological polar surface area (TPSA) is 50.4 Å². The normalized spacial score (nSPS) is 49.1. The van der Waals surface area contributed by atoms with Crippen molar-refractivity contribution in [3.8, 4) is 0 Å². The summed E-state index contributed by atoms with van der Waals surface area (Å²) in [5.41, 5.74) is 1.78. The lowest BCUT2D eigenvalue weighted by Crippen LogP contribution is -2.53. The molecule has 4 saturated carbocycles. The summed E-state index contributed by atoms with van der Waals surface area (Å²) >= 11 is 0. The second kappa shape index (κ2) is 6.20. The Morgan fingerprint density at radius 2 is 1.74 bits per heavy atom. The molecule has 5 rings (SSSR count). The van der Waals surface area contributed by atoms with Crippen molar-refractivity contribution in [1.29, 1.82) is 0 Å². The fourth-order valence-electron chi connectivity index (χ4n) is 8.35. The summed E-state index contributed by atoms with van der Waals surface area (Å²) < 4.78 is 5.22. The maximum Gasteiger partial charge on any atom is 0.335 e. The van der Waals surface area contributed by atoms with Crippen LogP contribution in [0.25, 0.3) is 0 Å². The van der Waals surface area contributed by atoms with Crippen molar-refractivity contribution in [3.63, 3.8) is 0 Å². The molecule has 0 amide bonds. The van der Waals surface area contributed by atoms with Crippen LogP contribution in [0.4, 0.5) is 0 Å². The van der Waals surface area contributed by atoms with Gasteiger partial charge in [0.05, 0.1) is 12.4 Å². The van der Waals surface area contributed by atoms with Gasteiger partial charge in [0.25, 0.3) is 0 Å². The van der Waals surface area contributed by atoms with Crippen molar-refractivity contribution < 1.29 is 9.52 Å². The van der Waals surface area contributed by atoms with Crippen molar-refractivity contribution in [2.75, 3.05) is 0 Å². The summed E-state index contributed by atoms with van der Waals surface area (Å²) in [6.07, 6.45) is 12.8. The Morgan fingerprint density at radius 1 is 0.963 bits per heavy atom. The van der Waals surface area contributed by atoms with Gasteiger partial charge in [0.1, 0.15) is 0 Å². The van der Waals surface area contributed by atoms with Gasteiger partial charge in [-0.15, -0.1) is 0 Å². The van der Waals surface area contributed by atoms with Gasteiger partial charge in [-0.1, -0.05) is 13.8 Å². The third-order valence-electron chi connectivity index (χ3n) is 9.76. The molecule has 27 heavy (non-hydrogen) atoms. The molecule has 1 heterocycles. The molecule has 0 aliphatic heterocycles. The zero-order valence-corrected chi connectivity index (χ0v) is 16.8. The van der Waals surface area contributed by atoms with Crippen LogP contribution in [0.1, 0.15) is 83.1 Å². The summed E-state index contributed by atoms with van der Waals surface area (Å²) in [5.74, 6) is 3.76. The first-order valence-corrected chi connectivity index (χ1v) is 11.2. The zero-order chi connectivity index (χ0) is 18.8. The van der Waals surface area contributed by atoms with Crippen LogP contribution >= 0.6 is 0 Å².